The molecule has 1 N–H and O–H groups in total. The number of hydrogen-bond acceptors (Lipinski definition) is 5. The standard InChI is InChI=1S/C20H18Cl2N2O3S2/c21-14-3-8-18(22)17(12-14)19-13-23(29(26,27)20-2-1-11-28-20)9-10-24(19)15-4-6-16(25)7-5-15/h1-8,11-12,19,25H,9-10,13H2/t19-/m1/s1. The molecule has 1 atom stereocenters. The normalized spacial score (nSPS) is 18.1. The number of piperazine rings is 1. The summed E-state index contributed by atoms with van der Waals surface area (Å²) in [5.74, 6) is 0.171. The van der Waals surface area contributed by atoms with Crippen LogP contribution < -0.4 is 4.90 Å². The van der Waals surface area contributed by atoms with Crippen LogP contribution in [0, 0.1) is 0 Å². The van der Waals surface area contributed by atoms with Gasteiger partial charge in [0.1, 0.15) is 9.96 Å². The smallest absolute Gasteiger partial charge is 0.252 e. The highest BCUT2D eigenvalue weighted by atomic mass is 35.5. The first kappa shape index (κ1) is 20.5. The minimum Gasteiger partial charge on any atom is -0.508 e. The molecule has 2 heterocycles. The molecule has 9 heteroatoms. The zero-order valence-corrected chi connectivity index (χ0v) is 18.3. The number of hydrogen-bond donors (Lipinski definition) is 1. The molecule has 0 amide bonds. The number of phenolic OH excluding ortho intramolecular Hbond substituents is 1. The lowest BCUT2D eigenvalue weighted by Gasteiger charge is -2.42. The predicted molar refractivity (Wildman–Crippen MR) is 118 cm³/mol. The van der Waals surface area contributed by atoms with Gasteiger partial charge in [0.2, 0.25) is 0 Å². The minimum atomic E-state index is -3.59. The summed E-state index contributed by atoms with van der Waals surface area (Å²) in [6.45, 7) is 1.06. The molecule has 1 aliphatic rings. The van der Waals surface area contributed by atoms with E-state index in [9.17, 15) is 13.5 Å². The van der Waals surface area contributed by atoms with Crippen LogP contribution in [-0.2, 0) is 10.0 Å². The molecule has 1 fully saturated rings. The van der Waals surface area contributed by atoms with Gasteiger partial charge >= 0.3 is 0 Å². The molecule has 4 rings (SSSR count). The zero-order chi connectivity index (χ0) is 20.6. The average molecular weight is 469 g/mol. The molecule has 152 valence electrons. The molecule has 1 aliphatic heterocycles. The van der Waals surface area contributed by atoms with Crippen LogP contribution in [0.4, 0.5) is 5.69 Å². The van der Waals surface area contributed by atoms with Crippen LogP contribution in [0.25, 0.3) is 0 Å². The van der Waals surface area contributed by atoms with E-state index in [0.29, 0.717) is 27.3 Å². The van der Waals surface area contributed by atoms with Gasteiger partial charge in [0.25, 0.3) is 10.0 Å². The highest BCUT2D eigenvalue weighted by molar-refractivity contribution is 7.91. The number of benzene rings is 2. The van der Waals surface area contributed by atoms with Gasteiger partial charge in [0.15, 0.2) is 0 Å². The zero-order valence-electron chi connectivity index (χ0n) is 15.2. The van der Waals surface area contributed by atoms with E-state index >= 15 is 0 Å². The topological polar surface area (TPSA) is 60.9 Å². The van der Waals surface area contributed by atoms with Gasteiger partial charge in [-0.1, -0.05) is 29.3 Å². The number of thiophene rings is 1. The van der Waals surface area contributed by atoms with Gasteiger partial charge in [-0.25, -0.2) is 8.42 Å². The average Bonchev–Trinajstić information content (AvgIpc) is 3.26. The Balaban J connectivity index is 1.75. The van der Waals surface area contributed by atoms with Crippen molar-refractivity contribution in [1.29, 1.82) is 0 Å². The molecule has 2 aromatic carbocycles. The van der Waals surface area contributed by atoms with Crippen molar-refractivity contribution in [3.8, 4) is 5.75 Å². The summed E-state index contributed by atoms with van der Waals surface area (Å²) in [5.41, 5.74) is 1.63. The van der Waals surface area contributed by atoms with Crippen molar-refractivity contribution in [3.05, 3.63) is 75.6 Å². The molecule has 0 spiro atoms. The molecule has 5 nitrogen and oxygen atoms in total. The molecule has 0 saturated carbocycles. The Morgan fingerprint density at radius 1 is 1.03 bits per heavy atom. The molecule has 0 unspecified atom stereocenters. The first-order valence-corrected chi connectivity index (χ1v) is 12.0. The summed E-state index contributed by atoms with van der Waals surface area (Å²) < 4.78 is 28.0. The Labute approximate surface area is 183 Å². The monoisotopic (exact) mass is 468 g/mol. The van der Waals surface area contributed by atoms with Crippen molar-refractivity contribution in [1.82, 2.24) is 4.31 Å². The quantitative estimate of drug-likeness (QED) is 0.584. The van der Waals surface area contributed by atoms with Gasteiger partial charge in [-0.15, -0.1) is 11.3 Å². The van der Waals surface area contributed by atoms with E-state index in [-0.39, 0.29) is 18.3 Å². The Hall–Kier alpha value is -1.77. The largest absolute Gasteiger partial charge is 0.508 e. The van der Waals surface area contributed by atoms with E-state index in [0.717, 1.165) is 11.3 Å². The molecule has 1 aromatic heterocycles. The summed E-state index contributed by atoms with van der Waals surface area (Å²) in [7, 11) is -3.59. The van der Waals surface area contributed by atoms with Crippen molar-refractivity contribution in [3.63, 3.8) is 0 Å². The summed E-state index contributed by atoms with van der Waals surface area (Å²) in [6, 6.07) is 15.1. The maximum atomic E-state index is 13.1. The highest BCUT2D eigenvalue weighted by Crippen LogP contribution is 2.37. The van der Waals surface area contributed by atoms with E-state index in [1.54, 1.807) is 47.8 Å². The molecular weight excluding hydrogens is 451 g/mol. The second-order valence-electron chi connectivity index (χ2n) is 6.69. The molecule has 0 aliphatic carbocycles. The number of rotatable bonds is 4. The molecule has 1 saturated heterocycles. The lowest BCUT2D eigenvalue weighted by molar-refractivity contribution is 0.336. The number of aromatic hydroxyl groups is 1. The van der Waals surface area contributed by atoms with E-state index in [1.165, 1.54) is 15.6 Å². The van der Waals surface area contributed by atoms with Gasteiger partial charge in [-0.3, -0.25) is 0 Å². The highest BCUT2D eigenvalue weighted by Gasteiger charge is 2.36. The second kappa shape index (κ2) is 8.16. The van der Waals surface area contributed by atoms with Crippen LogP contribution in [0.2, 0.25) is 10.0 Å². The Kier molecular flexibility index (Phi) is 5.77. The van der Waals surface area contributed by atoms with Crippen LogP contribution in [0.5, 0.6) is 5.75 Å². The van der Waals surface area contributed by atoms with Gasteiger partial charge in [0, 0.05) is 35.4 Å². The number of halogens is 2. The SMILES string of the molecule is O=S(=O)(c1cccs1)N1CCN(c2ccc(O)cc2)[C@@H](c2cc(Cl)ccc2Cl)C1. The van der Waals surface area contributed by atoms with Gasteiger partial charge in [0.05, 0.1) is 6.04 Å². The van der Waals surface area contributed by atoms with E-state index in [4.69, 9.17) is 23.2 Å². The third-order valence-corrected chi connectivity index (χ3v) is 8.75. The van der Waals surface area contributed by atoms with Crippen LogP contribution in [0.1, 0.15) is 11.6 Å². The molecule has 3 aromatic rings. The van der Waals surface area contributed by atoms with Gasteiger partial charge in [-0.05, 0) is 59.5 Å². The Bertz CT molecular complexity index is 1100. The third-order valence-electron chi connectivity index (χ3n) is 4.93. The lowest BCUT2D eigenvalue weighted by atomic mass is 10.0. The van der Waals surface area contributed by atoms with Crippen molar-refractivity contribution < 1.29 is 13.5 Å². The number of phenols is 1. The molecule has 29 heavy (non-hydrogen) atoms. The van der Waals surface area contributed by atoms with Crippen molar-refractivity contribution in [2.24, 2.45) is 0 Å². The number of anilines is 1. The second-order valence-corrected chi connectivity index (χ2v) is 10.6. The molecule has 0 radical (unpaired) electrons. The van der Waals surface area contributed by atoms with Crippen molar-refractivity contribution >= 4 is 50.2 Å². The van der Waals surface area contributed by atoms with Crippen LogP contribution in [0.15, 0.2) is 64.2 Å². The molecule has 0 bridgehead atoms. The summed E-state index contributed by atoms with van der Waals surface area (Å²) in [4.78, 5) is 2.09. The number of nitrogens with zero attached hydrogens (tertiary/aromatic N) is 2. The van der Waals surface area contributed by atoms with E-state index < -0.39 is 10.0 Å². The summed E-state index contributed by atoms with van der Waals surface area (Å²) >= 11 is 13.9. The van der Waals surface area contributed by atoms with Crippen molar-refractivity contribution in [2.75, 3.05) is 24.5 Å². The maximum absolute atomic E-state index is 13.1. The van der Waals surface area contributed by atoms with E-state index in [2.05, 4.69) is 4.90 Å². The van der Waals surface area contributed by atoms with Crippen LogP contribution >= 0.6 is 34.5 Å². The first-order chi connectivity index (χ1) is 13.9. The number of sulfonamides is 1. The lowest BCUT2D eigenvalue weighted by Crippen LogP contribution is -2.50. The summed E-state index contributed by atoms with van der Waals surface area (Å²) in [6.07, 6.45) is 0. The van der Waals surface area contributed by atoms with Gasteiger partial charge in [-0.2, -0.15) is 4.31 Å². The van der Waals surface area contributed by atoms with Crippen molar-refractivity contribution in [2.45, 2.75) is 10.3 Å². The maximum Gasteiger partial charge on any atom is 0.252 e. The third kappa shape index (κ3) is 4.11. The van der Waals surface area contributed by atoms with Crippen LogP contribution in [0.3, 0.4) is 0 Å². The van der Waals surface area contributed by atoms with E-state index in [1.807, 2.05) is 12.1 Å². The fourth-order valence-corrected chi connectivity index (χ4v) is 6.51. The fourth-order valence-electron chi connectivity index (χ4n) is 3.50. The first-order valence-electron chi connectivity index (χ1n) is 8.90. The Morgan fingerprint density at radius 3 is 2.48 bits per heavy atom. The fraction of sp³-hybridized carbons (Fsp3) is 0.200. The van der Waals surface area contributed by atoms with Crippen LogP contribution in [-0.4, -0.2) is 37.5 Å². The predicted octanol–water partition coefficient (Wildman–Crippen LogP) is 5.01. The summed E-state index contributed by atoms with van der Waals surface area (Å²) in [5, 5.41) is 12.4. The van der Waals surface area contributed by atoms with Gasteiger partial charge < -0.3 is 10.0 Å². The Morgan fingerprint density at radius 2 is 1.79 bits per heavy atom. The molecular formula is C20H18Cl2N2O3S2. The minimum absolute atomic E-state index is 0.171.